The third kappa shape index (κ3) is 6.72. The van der Waals surface area contributed by atoms with Gasteiger partial charge in [-0.25, -0.2) is 0 Å². The Kier molecular flexibility index (Phi) is 8.93. The molecule has 0 aliphatic carbocycles. The molecule has 1 aliphatic heterocycles. The molecule has 1 aromatic carbocycles. The van der Waals surface area contributed by atoms with Crippen LogP contribution >= 0.6 is 12.4 Å². The van der Waals surface area contributed by atoms with E-state index in [4.69, 9.17) is 4.74 Å². The van der Waals surface area contributed by atoms with E-state index in [-0.39, 0.29) is 24.9 Å². The van der Waals surface area contributed by atoms with Crippen molar-refractivity contribution in [2.75, 3.05) is 39.3 Å². The largest absolute Gasteiger partial charge is 0.483 e. The molecule has 0 N–H and O–H groups in total. The summed E-state index contributed by atoms with van der Waals surface area (Å²) in [4.78, 5) is 21.0. The summed E-state index contributed by atoms with van der Waals surface area (Å²) in [5.74, 6) is 1.28. The zero-order chi connectivity index (χ0) is 19.9. The molecule has 0 atom stereocenters. The van der Waals surface area contributed by atoms with Crippen LogP contribution in [0.15, 0.2) is 42.7 Å². The van der Waals surface area contributed by atoms with Gasteiger partial charge in [0.15, 0.2) is 6.61 Å². The predicted octanol–water partition coefficient (Wildman–Crippen LogP) is 3.70. The SMILES string of the molecule is Cc1ccc(C(C)C)c(OCC(=O)N2CCN(CCc3ccncc3)CC2)c1.Cl. The highest BCUT2D eigenvalue weighted by molar-refractivity contribution is 5.85. The number of carbonyl (C=O) groups excluding carboxylic acids is 1. The van der Waals surface area contributed by atoms with Crippen molar-refractivity contribution in [1.82, 2.24) is 14.8 Å². The number of hydrogen-bond acceptors (Lipinski definition) is 4. The Morgan fingerprint density at radius 3 is 2.45 bits per heavy atom. The molecule has 1 aliphatic rings. The molecular formula is C23H32ClN3O2. The first-order valence-electron chi connectivity index (χ1n) is 10.2. The predicted molar refractivity (Wildman–Crippen MR) is 119 cm³/mol. The van der Waals surface area contributed by atoms with E-state index in [9.17, 15) is 4.79 Å². The number of rotatable bonds is 7. The summed E-state index contributed by atoms with van der Waals surface area (Å²) < 4.78 is 5.92. The van der Waals surface area contributed by atoms with Crippen molar-refractivity contribution in [3.8, 4) is 5.75 Å². The van der Waals surface area contributed by atoms with Crippen LogP contribution in [0.3, 0.4) is 0 Å². The van der Waals surface area contributed by atoms with Crippen molar-refractivity contribution in [1.29, 1.82) is 0 Å². The molecular weight excluding hydrogens is 386 g/mol. The molecule has 29 heavy (non-hydrogen) atoms. The number of piperazine rings is 1. The fourth-order valence-corrected chi connectivity index (χ4v) is 3.53. The van der Waals surface area contributed by atoms with Gasteiger partial charge in [-0.1, -0.05) is 26.0 Å². The Labute approximate surface area is 180 Å². The minimum Gasteiger partial charge on any atom is -0.483 e. The molecule has 0 saturated carbocycles. The first-order valence-corrected chi connectivity index (χ1v) is 10.2. The molecule has 0 radical (unpaired) electrons. The summed E-state index contributed by atoms with van der Waals surface area (Å²) in [7, 11) is 0. The molecule has 6 heteroatoms. The van der Waals surface area contributed by atoms with Crippen LogP contribution in [-0.4, -0.2) is 60.0 Å². The number of benzene rings is 1. The van der Waals surface area contributed by atoms with Gasteiger partial charge in [0.1, 0.15) is 5.75 Å². The Morgan fingerprint density at radius 1 is 1.10 bits per heavy atom. The summed E-state index contributed by atoms with van der Waals surface area (Å²) >= 11 is 0. The number of ether oxygens (including phenoxy) is 1. The summed E-state index contributed by atoms with van der Waals surface area (Å²) in [5.41, 5.74) is 3.61. The van der Waals surface area contributed by atoms with Crippen LogP contribution in [0, 0.1) is 6.92 Å². The molecule has 1 fully saturated rings. The highest BCUT2D eigenvalue weighted by Crippen LogP contribution is 2.27. The Morgan fingerprint density at radius 2 is 1.79 bits per heavy atom. The molecule has 1 amide bonds. The molecule has 1 aromatic heterocycles. The van der Waals surface area contributed by atoms with Gasteiger partial charge in [-0.15, -0.1) is 12.4 Å². The van der Waals surface area contributed by atoms with Gasteiger partial charge >= 0.3 is 0 Å². The molecule has 0 bridgehead atoms. The van der Waals surface area contributed by atoms with E-state index in [1.165, 1.54) is 5.56 Å². The van der Waals surface area contributed by atoms with Crippen molar-refractivity contribution >= 4 is 18.3 Å². The summed E-state index contributed by atoms with van der Waals surface area (Å²) in [6.45, 7) is 10.8. The van der Waals surface area contributed by atoms with E-state index < -0.39 is 0 Å². The van der Waals surface area contributed by atoms with Crippen LogP contribution in [-0.2, 0) is 11.2 Å². The second-order valence-corrected chi connectivity index (χ2v) is 7.81. The third-order valence-corrected chi connectivity index (χ3v) is 5.33. The third-order valence-electron chi connectivity index (χ3n) is 5.33. The molecule has 0 spiro atoms. The van der Waals surface area contributed by atoms with E-state index >= 15 is 0 Å². The fourth-order valence-electron chi connectivity index (χ4n) is 3.53. The smallest absolute Gasteiger partial charge is 0.260 e. The number of pyridine rings is 1. The number of hydrogen-bond donors (Lipinski definition) is 0. The molecule has 5 nitrogen and oxygen atoms in total. The maximum atomic E-state index is 12.6. The average Bonchev–Trinajstić information content (AvgIpc) is 2.71. The van der Waals surface area contributed by atoms with Crippen molar-refractivity contribution < 1.29 is 9.53 Å². The van der Waals surface area contributed by atoms with Crippen LogP contribution in [0.1, 0.15) is 36.5 Å². The van der Waals surface area contributed by atoms with E-state index in [0.717, 1.165) is 56.0 Å². The van der Waals surface area contributed by atoms with Gasteiger partial charge in [-0.3, -0.25) is 14.7 Å². The number of carbonyl (C=O) groups is 1. The standard InChI is InChI=1S/C23H31N3O2.ClH/c1-18(2)21-5-4-19(3)16-22(21)28-17-23(27)26-14-12-25(13-15-26)11-8-20-6-9-24-10-7-20;/h4-7,9-10,16,18H,8,11-15,17H2,1-3H3;1H. The van der Waals surface area contributed by atoms with Gasteiger partial charge in [0.05, 0.1) is 0 Å². The van der Waals surface area contributed by atoms with Crippen molar-refractivity contribution in [2.24, 2.45) is 0 Å². The average molecular weight is 418 g/mol. The van der Waals surface area contributed by atoms with E-state index in [2.05, 4.69) is 48.0 Å². The van der Waals surface area contributed by atoms with E-state index in [1.807, 2.05) is 30.3 Å². The van der Waals surface area contributed by atoms with Gasteiger partial charge in [0, 0.05) is 45.1 Å². The second kappa shape index (κ2) is 11.2. The highest BCUT2D eigenvalue weighted by atomic mass is 35.5. The van der Waals surface area contributed by atoms with Gasteiger partial charge in [-0.2, -0.15) is 0 Å². The maximum absolute atomic E-state index is 12.6. The van der Waals surface area contributed by atoms with Gasteiger partial charge < -0.3 is 9.64 Å². The zero-order valence-electron chi connectivity index (χ0n) is 17.6. The number of nitrogens with zero attached hydrogens (tertiary/aromatic N) is 3. The van der Waals surface area contributed by atoms with Gasteiger partial charge in [-0.05, 0) is 54.2 Å². The minimum atomic E-state index is 0. The van der Waals surface area contributed by atoms with Gasteiger partial charge in [0.2, 0.25) is 0 Å². The Bertz CT molecular complexity index is 775. The first-order chi connectivity index (χ1) is 13.5. The van der Waals surface area contributed by atoms with E-state index in [0.29, 0.717) is 5.92 Å². The van der Waals surface area contributed by atoms with Crippen LogP contribution in [0.5, 0.6) is 5.75 Å². The molecule has 1 saturated heterocycles. The zero-order valence-corrected chi connectivity index (χ0v) is 18.5. The number of amides is 1. The van der Waals surface area contributed by atoms with Crippen molar-refractivity contribution in [3.63, 3.8) is 0 Å². The molecule has 2 heterocycles. The number of aromatic nitrogens is 1. The summed E-state index contributed by atoms with van der Waals surface area (Å²) in [6, 6.07) is 10.3. The summed E-state index contributed by atoms with van der Waals surface area (Å²) in [5, 5.41) is 0. The normalized spacial score (nSPS) is 14.6. The van der Waals surface area contributed by atoms with Crippen molar-refractivity contribution in [2.45, 2.75) is 33.1 Å². The quantitative estimate of drug-likeness (QED) is 0.689. The fraction of sp³-hybridized carbons (Fsp3) is 0.478. The molecule has 0 unspecified atom stereocenters. The Hall–Kier alpha value is -2.11. The topological polar surface area (TPSA) is 45.7 Å². The van der Waals surface area contributed by atoms with E-state index in [1.54, 1.807) is 0 Å². The second-order valence-electron chi connectivity index (χ2n) is 7.81. The lowest BCUT2D eigenvalue weighted by molar-refractivity contribution is -0.135. The number of aryl methyl sites for hydroxylation is 1. The monoisotopic (exact) mass is 417 g/mol. The maximum Gasteiger partial charge on any atom is 0.260 e. The van der Waals surface area contributed by atoms with Crippen LogP contribution < -0.4 is 4.74 Å². The van der Waals surface area contributed by atoms with Crippen LogP contribution in [0.2, 0.25) is 0 Å². The first kappa shape index (κ1) is 23.2. The number of halogens is 1. The lowest BCUT2D eigenvalue weighted by atomic mass is 10.0. The lowest BCUT2D eigenvalue weighted by Gasteiger charge is -2.34. The van der Waals surface area contributed by atoms with Gasteiger partial charge in [0.25, 0.3) is 5.91 Å². The van der Waals surface area contributed by atoms with Crippen LogP contribution in [0.25, 0.3) is 0 Å². The Balaban J connectivity index is 0.00000300. The van der Waals surface area contributed by atoms with Crippen LogP contribution in [0.4, 0.5) is 0 Å². The minimum absolute atomic E-state index is 0. The van der Waals surface area contributed by atoms with Crippen molar-refractivity contribution in [3.05, 3.63) is 59.4 Å². The molecule has 2 aromatic rings. The highest BCUT2D eigenvalue weighted by Gasteiger charge is 2.21. The molecule has 158 valence electrons. The lowest BCUT2D eigenvalue weighted by Crippen LogP contribution is -2.50. The summed E-state index contributed by atoms with van der Waals surface area (Å²) in [6.07, 6.45) is 4.70. The molecule has 3 rings (SSSR count).